The van der Waals surface area contributed by atoms with Crippen molar-refractivity contribution in [2.45, 2.75) is 18.5 Å². The SMILES string of the molecule is COc1ccc(C(=O)N2CCC3(CC2)N=C(N)c2ccccc2N3)cc1. The van der Waals surface area contributed by atoms with Crippen LogP contribution in [0.25, 0.3) is 0 Å². The van der Waals surface area contributed by atoms with Crippen molar-refractivity contribution in [3.8, 4) is 5.75 Å². The minimum atomic E-state index is -0.422. The van der Waals surface area contributed by atoms with Crippen LogP contribution < -0.4 is 15.8 Å². The zero-order valence-electron chi connectivity index (χ0n) is 14.7. The van der Waals surface area contributed by atoms with E-state index in [0.29, 0.717) is 24.5 Å². The van der Waals surface area contributed by atoms with E-state index in [-0.39, 0.29) is 5.91 Å². The summed E-state index contributed by atoms with van der Waals surface area (Å²) in [6.07, 6.45) is 1.45. The molecule has 0 saturated carbocycles. The zero-order chi connectivity index (χ0) is 18.1. The molecule has 2 aromatic carbocycles. The van der Waals surface area contributed by atoms with Crippen LogP contribution in [0.4, 0.5) is 5.69 Å². The summed E-state index contributed by atoms with van der Waals surface area (Å²) in [5.41, 5.74) is 8.38. The number of amidine groups is 1. The fourth-order valence-electron chi connectivity index (χ4n) is 3.62. The molecule has 2 aromatic rings. The average Bonchev–Trinajstić information content (AvgIpc) is 2.68. The number of carbonyl (C=O) groups is 1. The van der Waals surface area contributed by atoms with Crippen LogP contribution in [0.1, 0.15) is 28.8 Å². The number of amides is 1. The van der Waals surface area contributed by atoms with Crippen molar-refractivity contribution in [1.82, 2.24) is 4.90 Å². The molecule has 134 valence electrons. The van der Waals surface area contributed by atoms with E-state index in [1.54, 1.807) is 19.2 Å². The van der Waals surface area contributed by atoms with E-state index in [2.05, 4.69) is 5.32 Å². The highest BCUT2D eigenvalue weighted by atomic mass is 16.5. The molecule has 0 aromatic heterocycles. The fraction of sp³-hybridized carbons (Fsp3) is 0.300. The van der Waals surface area contributed by atoms with Crippen LogP contribution in [0.15, 0.2) is 53.5 Å². The highest BCUT2D eigenvalue weighted by molar-refractivity contribution is 6.04. The van der Waals surface area contributed by atoms with Gasteiger partial charge in [-0.2, -0.15) is 0 Å². The summed E-state index contributed by atoms with van der Waals surface area (Å²) in [5.74, 6) is 1.35. The molecule has 6 heteroatoms. The molecule has 0 unspecified atom stereocenters. The Morgan fingerprint density at radius 3 is 2.54 bits per heavy atom. The third kappa shape index (κ3) is 2.87. The summed E-state index contributed by atoms with van der Waals surface area (Å²) in [7, 11) is 1.61. The molecule has 6 nitrogen and oxygen atoms in total. The number of methoxy groups -OCH3 is 1. The summed E-state index contributed by atoms with van der Waals surface area (Å²) in [5, 5.41) is 3.54. The molecule has 4 rings (SSSR count). The topological polar surface area (TPSA) is 80.0 Å². The highest BCUT2D eigenvalue weighted by Gasteiger charge is 2.38. The Balaban J connectivity index is 1.47. The number of rotatable bonds is 2. The molecule has 1 spiro atoms. The number of nitrogens with zero attached hydrogens (tertiary/aromatic N) is 2. The van der Waals surface area contributed by atoms with Gasteiger partial charge in [-0.15, -0.1) is 0 Å². The van der Waals surface area contributed by atoms with E-state index in [4.69, 9.17) is 15.5 Å². The molecule has 0 bridgehead atoms. The second-order valence-corrected chi connectivity index (χ2v) is 6.72. The number of carbonyl (C=O) groups excluding carboxylic acids is 1. The Hall–Kier alpha value is -3.02. The molecule has 2 heterocycles. The number of nitrogens with one attached hydrogen (secondary N) is 1. The number of para-hydroxylation sites is 1. The fourth-order valence-corrected chi connectivity index (χ4v) is 3.62. The van der Waals surface area contributed by atoms with E-state index < -0.39 is 5.66 Å². The highest BCUT2D eigenvalue weighted by Crippen LogP contribution is 2.34. The Labute approximate surface area is 152 Å². The lowest BCUT2D eigenvalue weighted by Gasteiger charge is -2.42. The summed E-state index contributed by atoms with van der Waals surface area (Å²) in [6, 6.07) is 15.2. The summed E-state index contributed by atoms with van der Waals surface area (Å²) >= 11 is 0. The molecular formula is C20H22N4O2. The van der Waals surface area contributed by atoms with Gasteiger partial charge < -0.3 is 20.7 Å². The third-order valence-corrected chi connectivity index (χ3v) is 5.12. The normalized spacial score (nSPS) is 17.9. The van der Waals surface area contributed by atoms with Crippen molar-refractivity contribution in [3.63, 3.8) is 0 Å². The van der Waals surface area contributed by atoms with Gasteiger partial charge in [0.25, 0.3) is 5.91 Å². The lowest BCUT2D eigenvalue weighted by molar-refractivity contribution is 0.0685. The maximum atomic E-state index is 12.7. The van der Waals surface area contributed by atoms with E-state index in [1.165, 1.54) is 0 Å². The van der Waals surface area contributed by atoms with Crippen LogP contribution in [0, 0.1) is 0 Å². The van der Waals surface area contributed by atoms with Crippen molar-refractivity contribution >= 4 is 17.4 Å². The number of hydrogen-bond donors (Lipinski definition) is 2. The predicted molar refractivity (Wildman–Crippen MR) is 102 cm³/mol. The van der Waals surface area contributed by atoms with Crippen molar-refractivity contribution in [1.29, 1.82) is 0 Å². The Morgan fingerprint density at radius 2 is 1.85 bits per heavy atom. The van der Waals surface area contributed by atoms with Crippen molar-refractivity contribution in [3.05, 3.63) is 59.7 Å². The predicted octanol–water partition coefficient (Wildman–Crippen LogP) is 2.46. The maximum absolute atomic E-state index is 12.7. The van der Waals surface area contributed by atoms with E-state index in [1.807, 2.05) is 41.3 Å². The largest absolute Gasteiger partial charge is 0.497 e. The Morgan fingerprint density at radius 1 is 1.15 bits per heavy atom. The number of likely N-dealkylation sites (tertiary alicyclic amines) is 1. The second-order valence-electron chi connectivity index (χ2n) is 6.72. The number of piperidine rings is 1. The zero-order valence-corrected chi connectivity index (χ0v) is 14.7. The van der Waals surface area contributed by atoms with Crippen molar-refractivity contribution in [2.75, 3.05) is 25.5 Å². The second kappa shape index (κ2) is 6.37. The summed E-state index contributed by atoms with van der Waals surface area (Å²) < 4.78 is 5.15. The molecule has 0 aliphatic carbocycles. The van der Waals surface area contributed by atoms with Gasteiger partial charge in [0.15, 0.2) is 0 Å². The van der Waals surface area contributed by atoms with Crippen molar-refractivity contribution in [2.24, 2.45) is 10.7 Å². The molecule has 1 saturated heterocycles. The van der Waals surface area contributed by atoms with Gasteiger partial charge in [0.2, 0.25) is 0 Å². The van der Waals surface area contributed by atoms with Gasteiger partial charge in [-0.1, -0.05) is 12.1 Å². The van der Waals surface area contributed by atoms with Crippen LogP contribution in [0.2, 0.25) is 0 Å². The number of benzene rings is 2. The van der Waals surface area contributed by atoms with E-state index in [9.17, 15) is 4.79 Å². The first-order valence-electron chi connectivity index (χ1n) is 8.76. The maximum Gasteiger partial charge on any atom is 0.253 e. The van der Waals surface area contributed by atoms with Gasteiger partial charge in [0.1, 0.15) is 17.2 Å². The van der Waals surface area contributed by atoms with Gasteiger partial charge in [-0.05, 0) is 36.4 Å². The Kier molecular flexibility index (Phi) is 4.03. The molecule has 26 heavy (non-hydrogen) atoms. The summed E-state index contributed by atoms with van der Waals surface area (Å²) in [6.45, 7) is 1.27. The molecular weight excluding hydrogens is 328 g/mol. The van der Waals surface area contributed by atoms with Crippen molar-refractivity contribution < 1.29 is 9.53 Å². The lowest BCUT2D eigenvalue weighted by atomic mass is 9.93. The quantitative estimate of drug-likeness (QED) is 0.872. The molecule has 3 N–H and O–H groups in total. The molecule has 0 radical (unpaired) electrons. The van der Waals surface area contributed by atoms with E-state index >= 15 is 0 Å². The van der Waals surface area contributed by atoms with Crippen LogP contribution in [0.3, 0.4) is 0 Å². The third-order valence-electron chi connectivity index (χ3n) is 5.12. The van der Waals surface area contributed by atoms with E-state index in [0.717, 1.165) is 29.8 Å². The first kappa shape index (κ1) is 16.4. The van der Waals surface area contributed by atoms with Crippen LogP contribution in [-0.4, -0.2) is 42.5 Å². The minimum absolute atomic E-state index is 0.0377. The number of fused-ring (bicyclic) bond motifs is 1. The number of hydrogen-bond acceptors (Lipinski definition) is 5. The van der Waals surface area contributed by atoms with Crippen LogP contribution in [0.5, 0.6) is 5.75 Å². The number of anilines is 1. The average molecular weight is 350 g/mol. The van der Waals surface area contributed by atoms with Gasteiger partial charge in [0, 0.05) is 42.7 Å². The van der Waals surface area contributed by atoms with Gasteiger partial charge in [-0.3, -0.25) is 4.79 Å². The molecule has 1 amide bonds. The minimum Gasteiger partial charge on any atom is -0.497 e. The van der Waals surface area contributed by atoms with Crippen LogP contribution >= 0.6 is 0 Å². The molecule has 0 atom stereocenters. The smallest absolute Gasteiger partial charge is 0.253 e. The molecule has 1 fully saturated rings. The standard InChI is InChI=1S/C20H22N4O2/c1-26-15-8-6-14(7-9-15)19(25)24-12-10-20(11-13-24)22-17-5-3-2-4-16(17)18(21)23-20/h2-9,22H,10-13H2,1H3,(H2,21,23). The first-order chi connectivity index (χ1) is 12.6. The first-order valence-corrected chi connectivity index (χ1v) is 8.76. The number of ether oxygens (including phenoxy) is 1. The molecule has 2 aliphatic heterocycles. The molecule has 2 aliphatic rings. The van der Waals surface area contributed by atoms with Gasteiger partial charge in [-0.25, -0.2) is 4.99 Å². The Bertz CT molecular complexity index is 852. The number of nitrogens with two attached hydrogens (primary N) is 1. The van der Waals surface area contributed by atoms with Gasteiger partial charge >= 0.3 is 0 Å². The number of aliphatic imine (C=N–C) groups is 1. The summed E-state index contributed by atoms with van der Waals surface area (Å²) in [4.78, 5) is 19.3. The lowest BCUT2D eigenvalue weighted by Crippen LogP contribution is -2.52. The monoisotopic (exact) mass is 350 g/mol. The van der Waals surface area contributed by atoms with Crippen LogP contribution in [-0.2, 0) is 0 Å². The van der Waals surface area contributed by atoms with Gasteiger partial charge in [0.05, 0.1) is 7.11 Å².